The van der Waals surface area contributed by atoms with Gasteiger partial charge in [-0.25, -0.2) is 0 Å². The predicted octanol–water partition coefficient (Wildman–Crippen LogP) is 36.4. The van der Waals surface area contributed by atoms with Gasteiger partial charge in [0.05, 0.1) is 22.1 Å². The molecule has 6 nitrogen and oxygen atoms in total. The Morgan fingerprint density at radius 2 is 0.504 bits per heavy atom. The molecule has 0 fully saturated rings. The number of unbranched alkanes of at least 4 members (excludes halogenated alkanes) is 10. The van der Waals surface area contributed by atoms with Gasteiger partial charge in [-0.3, -0.25) is 0 Å². The third kappa shape index (κ3) is 14.7. The molecule has 23 rings (SSSR count). The molecule has 0 unspecified atom stereocenters. The second-order valence-corrected chi connectivity index (χ2v) is 36.0. The largest absolute Gasteiger partial charge is 0.455 e. The molecule has 22 aromatic rings. The third-order valence-electron chi connectivity index (χ3n) is 28.2. The van der Waals surface area contributed by atoms with Crippen molar-refractivity contribution in [3.63, 3.8) is 0 Å². The highest BCUT2D eigenvalue weighted by molar-refractivity contribution is 6.13. The van der Waals surface area contributed by atoms with Gasteiger partial charge in [0.1, 0.15) is 22.3 Å². The zero-order valence-corrected chi connectivity index (χ0v) is 74.3. The minimum atomic E-state index is -0.220. The fraction of sp³-hybridized carbons (Fsp3) is 0.136. The molecule has 4 heterocycles. The molecule has 0 N–H and O–H groups in total. The molecular weight excluding hydrogens is 1590 g/mol. The predicted molar refractivity (Wildman–Crippen MR) is 554 cm³/mol. The molecule has 0 atom stereocenters. The average Bonchev–Trinajstić information content (AvgIpc) is 1.56. The van der Waals surface area contributed by atoms with E-state index in [1.54, 1.807) is 0 Å². The van der Waals surface area contributed by atoms with E-state index in [1.807, 2.05) is 0 Å². The summed E-state index contributed by atoms with van der Waals surface area (Å²) in [6.45, 7) is 4.67. The zero-order chi connectivity index (χ0) is 87.3. The van der Waals surface area contributed by atoms with Crippen molar-refractivity contribution in [3.8, 4) is 89.3 Å². The number of benzene rings is 18. The summed E-state index contributed by atoms with van der Waals surface area (Å²) in [6, 6.07) is 153. The van der Waals surface area contributed by atoms with Gasteiger partial charge in [0.25, 0.3) is 0 Å². The first kappa shape index (κ1) is 80.3. The van der Waals surface area contributed by atoms with Gasteiger partial charge in [-0.1, -0.05) is 358 Å². The maximum atomic E-state index is 6.65. The smallest absolute Gasteiger partial charge is 0.143 e. The molecule has 0 aliphatic heterocycles. The molecule has 0 radical (unpaired) electrons. The van der Waals surface area contributed by atoms with Crippen LogP contribution in [0.5, 0.6) is 0 Å². The van der Waals surface area contributed by atoms with Crippen LogP contribution in [0.3, 0.4) is 0 Å². The molecular formula is C125H102N4O2. The van der Waals surface area contributed by atoms with Crippen LogP contribution in [-0.4, -0.2) is 9.13 Å². The summed E-state index contributed by atoms with van der Waals surface area (Å²) in [6.07, 6.45) is 17.1. The topological polar surface area (TPSA) is 42.6 Å². The van der Waals surface area contributed by atoms with Crippen LogP contribution in [0.4, 0.5) is 34.1 Å². The Morgan fingerprint density at radius 3 is 0.870 bits per heavy atom. The summed E-state index contributed by atoms with van der Waals surface area (Å²) in [4.78, 5) is 4.88. The molecule has 4 aromatic heterocycles. The first-order chi connectivity index (χ1) is 64.9. The molecule has 6 heteroatoms. The van der Waals surface area contributed by atoms with Gasteiger partial charge >= 0.3 is 0 Å². The second kappa shape index (κ2) is 34.7. The van der Waals surface area contributed by atoms with Crippen LogP contribution in [0.1, 0.15) is 115 Å². The van der Waals surface area contributed by atoms with Crippen molar-refractivity contribution >= 4 is 122 Å². The minimum absolute atomic E-state index is 0.220. The number of para-hydroxylation sites is 8. The van der Waals surface area contributed by atoms with Crippen LogP contribution in [0.2, 0.25) is 0 Å². The van der Waals surface area contributed by atoms with E-state index in [0.29, 0.717) is 0 Å². The Hall–Kier alpha value is -15.2. The summed E-state index contributed by atoms with van der Waals surface area (Å²) < 4.78 is 18.1. The number of fused-ring (bicyclic) bond motifs is 15. The number of furan rings is 2. The van der Waals surface area contributed by atoms with Crippen LogP contribution in [0, 0.1) is 0 Å². The molecule has 1 aliphatic carbocycles. The monoisotopic (exact) mass is 1690 g/mol. The van der Waals surface area contributed by atoms with Crippen molar-refractivity contribution < 1.29 is 8.83 Å². The third-order valence-corrected chi connectivity index (χ3v) is 28.2. The van der Waals surface area contributed by atoms with Crippen molar-refractivity contribution in [2.24, 2.45) is 0 Å². The molecule has 0 saturated carbocycles. The normalized spacial score (nSPS) is 12.4. The van der Waals surface area contributed by atoms with Gasteiger partial charge in [-0.05, 0) is 236 Å². The number of rotatable bonds is 28. The molecule has 0 spiro atoms. The van der Waals surface area contributed by atoms with E-state index >= 15 is 0 Å². The Morgan fingerprint density at radius 1 is 0.214 bits per heavy atom. The van der Waals surface area contributed by atoms with Crippen molar-refractivity contribution in [3.05, 3.63) is 424 Å². The van der Waals surface area contributed by atoms with Crippen molar-refractivity contribution in [2.75, 3.05) is 9.80 Å². The lowest BCUT2D eigenvalue weighted by molar-refractivity contribution is 0.398. The zero-order valence-electron chi connectivity index (χ0n) is 74.3. The Labute approximate surface area is 766 Å². The van der Waals surface area contributed by atoms with Gasteiger partial charge in [-0.15, -0.1) is 0 Å². The first-order valence-corrected chi connectivity index (χ1v) is 47.4. The lowest BCUT2D eigenvalue weighted by atomic mass is 9.70. The van der Waals surface area contributed by atoms with Gasteiger partial charge in [0, 0.05) is 105 Å². The highest BCUT2D eigenvalue weighted by Crippen LogP contribution is 2.57. The van der Waals surface area contributed by atoms with Crippen molar-refractivity contribution in [2.45, 2.75) is 109 Å². The molecule has 1 aliphatic rings. The van der Waals surface area contributed by atoms with Crippen LogP contribution in [0.15, 0.2) is 421 Å². The van der Waals surface area contributed by atoms with Crippen molar-refractivity contribution in [1.82, 2.24) is 9.13 Å². The summed E-state index contributed by atoms with van der Waals surface area (Å²) in [5, 5.41) is 9.54. The SMILES string of the molecule is CCCCCCCCC1(CCCCCCCC)c2cc(-c3cccc(N(c4ccc(-c5ccc(-n6c7ccccc7c7ccccc76)cc5)cc4)c4ccc(-c5cccc6c5oc5ccccc56)cc4)c3)ccc2-c2ccc(-c3cccc(N(c4ccc(-c5ccc(-n6c7ccccc7c7ccccc76)cc5)cc4)c4ccc(-c5cccc6c5oc5ccccc56)cc4)c3)cc21. The quantitative estimate of drug-likeness (QED) is 0.0458. The fourth-order valence-electron chi connectivity index (χ4n) is 21.6. The number of hydrogen-bond donors (Lipinski definition) is 0. The van der Waals surface area contributed by atoms with E-state index in [9.17, 15) is 0 Å². The highest BCUT2D eigenvalue weighted by Gasteiger charge is 2.43. The Bertz CT molecular complexity index is 7400. The lowest BCUT2D eigenvalue weighted by Crippen LogP contribution is -2.25. The van der Waals surface area contributed by atoms with E-state index in [1.165, 1.54) is 165 Å². The van der Waals surface area contributed by atoms with E-state index in [0.717, 1.165) is 147 Å². The Balaban J connectivity index is 0.607. The number of nitrogens with zero attached hydrogens (tertiary/aromatic N) is 4. The molecule has 131 heavy (non-hydrogen) atoms. The summed E-state index contributed by atoms with van der Waals surface area (Å²) in [5.74, 6) is 0. The van der Waals surface area contributed by atoms with E-state index in [2.05, 4.69) is 445 Å². The number of anilines is 6. The fourth-order valence-corrected chi connectivity index (χ4v) is 21.6. The maximum absolute atomic E-state index is 6.65. The molecule has 0 saturated heterocycles. The second-order valence-electron chi connectivity index (χ2n) is 36.0. The molecule has 634 valence electrons. The van der Waals surface area contributed by atoms with Crippen LogP contribution in [0.25, 0.3) is 177 Å². The first-order valence-electron chi connectivity index (χ1n) is 47.4. The maximum Gasteiger partial charge on any atom is 0.143 e. The minimum Gasteiger partial charge on any atom is -0.455 e. The van der Waals surface area contributed by atoms with E-state index < -0.39 is 0 Å². The summed E-state index contributed by atoms with van der Waals surface area (Å²) in [7, 11) is 0. The molecule has 18 aromatic carbocycles. The van der Waals surface area contributed by atoms with Gasteiger partial charge in [0.2, 0.25) is 0 Å². The molecule has 0 bridgehead atoms. The van der Waals surface area contributed by atoms with Gasteiger partial charge in [-0.2, -0.15) is 0 Å². The summed E-state index contributed by atoms with van der Waals surface area (Å²) in [5.41, 5.74) is 36.4. The number of aromatic nitrogens is 2. The molecule has 0 amide bonds. The lowest BCUT2D eigenvalue weighted by Gasteiger charge is -2.33. The average molecular weight is 1690 g/mol. The van der Waals surface area contributed by atoms with Crippen LogP contribution >= 0.6 is 0 Å². The van der Waals surface area contributed by atoms with Crippen molar-refractivity contribution in [1.29, 1.82) is 0 Å². The van der Waals surface area contributed by atoms with Gasteiger partial charge < -0.3 is 27.8 Å². The van der Waals surface area contributed by atoms with Crippen LogP contribution < -0.4 is 9.80 Å². The summed E-state index contributed by atoms with van der Waals surface area (Å²) >= 11 is 0. The van der Waals surface area contributed by atoms with Crippen LogP contribution in [-0.2, 0) is 5.41 Å². The number of hydrogen-bond acceptors (Lipinski definition) is 4. The standard InChI is InChI=1S/C125H102N4O2/c1-3-5-7-9-11-25-79-125(80-26-12-10-8-6-4-2)115-83-93(91-31-27-33-101(81-91)126(97-73-59-89(60-74-97)103-41-29-43-113-111-39-17-23-49-121(111)130-123(103)113)95-65-51-85(52-66-95)87-55-69-99(70-56-87)128-117-45-19-13-35-107(117)108-36-14-20-46-118(108)128)63-77-105(115)106-78-64-94(84-116(106)125)92-32-28-34-102(82-92)127(98-75-61-90(62-76-98)104-42-30-44-114-112-40-18-24-50-122(112)131-124(104)114)96-67-53-86(54-68-96)88-57-71-100(72-58-88)129-119-47-21-15-37-109(119)110-38-16-22-48-120(110)129/h13-24,27-78,81-84H,3-12,25-26,79-80H2,1-2H3. The van der Waals surface area contributed by atoms with Gasteiger partial charge in [0.15, 0.2) is 0 Å². The highest BCUT2D eigenvalue weighted by atomic mass is 16.3. The van der Waals surface area contributed by atoms with E-state index in [4.69, 9.17) is 8.83 Å². The Kier molecular flexibility index (Phi) is 21.3. The van der Waals surface area contributed by atoms with E-state index in [-0.39, 0.29) is 5.41 Å².